The first kappa shape index (κ1) is 18.4. The SMILES string of the molecule is C[C@H](O)[C@@H](NC(=O)OCc1ccccc1)C(=O)ON1C(=O)CCC1=O. The van der Waals surface area contributed by atoms with Gasteiger partial charge in [-0.05, 0) is 12.5 Å². The maximum absolute atomic E-state index is 12.0. The average molecular weight is 350 g/mol. The predicted molar refractivity (Wildman–Crippen MR) is 82.4 cm³/mol. The monoisotopic (exact) mass is 350 g/mol. The molecule has 134 valence electrons. The van der Waals surface area contributed by atoms with Gasteiger partial charge in [0.1, 0.15) is 6.61 Å². The number of imide groups is 1. The number of aliphatic hydroxyl groups excluding tert-OH is 1. The number of nitrogens with one attached hydrogen (secondary N) is 1. The molecule has 1 aliphatic rings. The Bertz CT molecular complexity index is 644. The quantitative estimate of drug-likeness (QED) is 0.706. The Kier molecular flexibility index (Phi) is 6.07. The number of carbonyl (C=O) groups excluding carboxylic acids is 4. The number of aliphatic hydroxyl groups is 1. The summed E-state index contributed by atoms with van der Waals surface area (Å²) in [7, 11) is 0. The molecule has 1 fully saturated rings. The molecule has 1 heterocycles. The zero-order valence-electron chi connectivity index (χ0n) is 13.5. The molecule has 1 aromatic carbocycles. The van der Waals surface area contributed by atoms with Gasteiger partial charge in [0.05, 0.1) is 6.10 Å². The van der Waals surface area contributed by atoms with Crippen molar-refractivity contribution in [2.45, 2.75) is 38.5 Å². The second-order valence-electron chi connectivity index (χ2n) is 5.42. The molecule has 0 saturated carbocycles. The van der Waals surface area contributed by atoms with Crippen LogP contribution in [0.4, 0.5) is 4.79 Å². The van der Waals surface area contributed by atoms with E-state index in [-0.39, 0.29) is 19.4 Å². The smallest absolute Gasteiger partial charge is 0.408 e. The summed E-state index contributed by atoms with van der Waals surface area (Å²) < 4.78 is 4.95. The lowest BCUT2D eigenvalue weighted by Gasteiger charge is -2.21. The highest BCUT2D eigenvalue weighted by molar-refractivity contribution is 6.01. The van der Waals surface area contributed by atoms with Crippen LogP contribution < -0.4 is 5.32 Å². The summed E-state index contributed by atoms with van der Waals surface area (Å²) in [5.74, 6) is -2.46. The number of hydrogen-bond donors (Lipinski definition) is 2. The van der Waals surface area contributed by atoms with Gasteiger partial charge in [-0.3, -0.25) is 9.59 Å². The van der Waals surface area contributed by atoms with Crippen LogP contribution >= 0.6 is 0 Å². The molecule has 1 aliphatic heterocycles. The molecule has 0 aromatic heterocycles. The summed E-state index contributed by atoms with van der Waals surface area (Å²) in [6.07, 6.45) is -2.40. The van der Waals surface area contributed by atoms with Gasteiger partial charge >= 0.3 is 12.1 Å². The summed E-state index contributed by atoms with van der Waals surface area (Å²) in [6.45, 7) is 1.22. The molecule has 25 heavy (non-hydrogen) atoms. The number of benzene rings is 1. The van der Waals surface area contributed by atoms with Gasteiger partial charge in [-0.1, -0.05) is 30.3 Å². The summed E-state index contributed by atoms with van der Waals surface area (Å²) in [5, 5.41) is 12.2. The Labute approximate surface area is 143 Å². The van der Waals surface area contributed by atoms with Gasteiger partial charge < -0.3 is 20.0 Å². The number of amides is 3. The van der Waals surface area contributed by atoms with Crippen molar-refractivity contribution in [1.82, 2.24) is 10.4 Å². The van der Waals surface area contributed by atoms with E-state index in [1.165, 1.54) is 6.92 Å². The highest BCUT2D eigenvalue weighted by atomic mass is 16.7. The molecule has 2 N–H and O–H groups in total. The normalized spacial score (nSPS) is 16.3. The fourth-order valence-electron chi connectivity index (χ4n) is 2.07. The number of rotatable bonds is 6. The third-order valence-electron chi connectivity index (χ3n) is 3.41. The number of hydrogen-bond acceptors (Lipinski definition) is 7. The Morgan fingerprint density at radius 1 is 1.20 bits per heavy atom. The molecule has 0 spiro atoms. The first-order chi connectivity index (χ1) is 11.9. The fraction of sp³-hybridized carbons (Fsp3) is 0.375. The summed E-state index contributed by atoms with van der Waals surface area (Å²) in [4.78, 5) is 51.4. The van der Waals surface area contributed by atoms with Gasteiger partial charge in [0.25, 0.3) is 11.8 Å². The van der Waals surface area contributed by atoms with Gasteiger partial charge in [-0.15, -0.1) is 5.06 Å². The minimum Gasteiger partial charge on any atom is -0.445 e. The summed E-state index contributed by atoms with van der Waals surface area (Å²) in [6, 6.07) is 7.36. The standard InChI is InChI=1S/C16H18N2O7/c1-10(19)14(15(22)25-18-12(20)7-8-13(18)21)17-16(23)24-9-11-5-3-2-4-6-11/h2-6,10,14,19H,7-9H2,1H3,(H,17,23)/t10-,14+/m0/s1. The largest absolute Gasteiger partial charge is 0.445 e. The van der Waals surface area contributed by atoms with Crippen LogP contribution in [0.1, 0.15) is 25.3 Å². The molecule has 0 bridgehead atoms. The third kappa shape index (κ3) is 5.01. The van der Waals surface area contributed by atoms with E-state index in [1.807, 2.05) is 6.07 Å². The maximum Gasteiger partial charge on any atom is 0.408 e. The molecule has 0 aliphatic carbocycles. The Morgan fingerprint density at radius 3 is 2.36 bits per heavy atom. The maximum atomic E-state index is 12.0. The van der Waals surface area contributed by atoms with Crippen molar-refractivity contribution >= 4 is 23.9 Å². The van der Waals surface area contributed by atoms with E-state index >= 15 is 0 Å². The first-order valence-electron chi connectivity index (χ1n) is 7.61. The van der Waals surface area contributed by atoms with Crippen molar-refractivity contribution in [3.8, 4) is 0 Å². The minimum absolute atomic E-state index is 0.0304. The van der Waals surface area contributed by atoms with E-state index in [0.717, 1.165) is 5.56 Å². The van der Waals surface area contributed by atoms with Gasteiger partial charge in [0.15, 0.2) is 6.04 Å². The van der Waals surface area contributed by atoms with E-state index in [1.54, 1.807) is 24.3 Å². The number of ether oxygens (including phenoxy) is 1. The minimum atomic E-state index is -1.50. The van der Waals surface area contributed by atoms with Crippen molar-refractivity contribution in [2.24, 2.45) is 0 Å². The van der Waals surface area contributed by atoms with Crippen molar-refractivity contribution in [2.75, 3.05) is 0 Å². The van der Waals surface area contributed by atoms with Crippen LogP contribution in [-0.4, -0.2) is 46.2 Å². The van der Waals surface area contributed by atoms with Crippen LogP contribution in [0.25, 0.3) is 0 Å². The Balaban J connectivity index is 1.90. The zero-order valence-corrected chi connectivity index (χ0v) is 13.5. The Morgan fingerprint density at radius 2 is 1.80 bits per heavy atom. The first-order valence-corrected chi connectivity index (χ1v) is 7.61. The molecular weight excluding hydrogens is 332 g/mol. The third-order valence-corrected chi connectivity index (χ3v) is 3.41. The van der Waals surface area contributed by atoms with E-state index in [0.29, 0.717) is 5.06 Å². The molecule has 1 saturated heterocycles. The highest BCUT2D eigenvalue weighted by Gasteiger charge is 2.36. The van der Waals surface area contributed by atoms with Crippen LogP contribution in [0.5, 0.6) is 0 Å². The highest BCUT2D eigenvalue weighted by Crippen LogP contribution is 2.13. The molecule has 3 amide bonds. The second kappa shape index (κ2) is 8.25. The van der Waals surface area contributed by atoms with Crippen LogP contribution in [0.3, 0.4) is 0 Å². The van der Waals surface area contributed by atoms with E-state index < -0.39 is 36.0 Å². The topological polar surface area (TPSA) is 122 Å². The van der Waals surface area contributed by atoms with Crippen LogP contribution in [0.2, 0.25) is 0 Å². The van der Waals surface area contributed by atoms with E-state index in [4.69, 9.17) is 4.74 Å². The zero-order chi connectivity index (χ0) is 18.4. The van der Waals surface area contributed by atoms with Crippen molar-refractivity contribution in [1.29, 1.82) is 0 Å². The molecule has 9 heteroatoms. The molecule has 2 atom stereocenters. The number of carbonyl (C=O) groups is 4. The van der Waals surface area contributed by atoms with Gasteiger partial charge in [-0.25, -0.2) is 9.59 Å². The van der Waals surface area contributed by atoms with Crippen LogP contribution in [0, 0.1) is 0 Å². The molecule has 2 rings (SSSR count). The van der Waals surface area contributed by atoms with E-state index in [2.05, 4.69) is 10.2 Å². The van der Waals surface area contributed by atoms with Gasteiger partial charge in [0.2, 0.25) is 0 Å². The van der Waals surface area contributed by atoms with E-state index in [9.17, 15) is 24.3 Å². The Hall–Kier alpha value is -2.94. The lowest BCUT2D eigenvalue weighted by Crippen LogP contribution is -2.50. The van der Waals surface area contributed by atoms with Gasteiger partial charge in [-0.2, -0.15) is 0 Å². The summed E-state index contributed by atoms with van der Waals surface area (Å²) >= 11 is 0. The number of hydroxylamine groups is 2. The molecule has 9 nitrogen and oxygen atoms in total. The van der Waals surface area contributed by atoms with Crippen LogP contribution in [-0.2, 0) is 30.6 Å². The second-order valence-corrected chi connectivity index (χ2v) is 5.42. The molecule has 1 aromatic rings. The molecular formula is C16H18N2O7. The summed E-state index contributed by atoms with van der Waals surface area (Å²) in [5.41, 5.74) is 0.738. The lowest BCUT2D eigenvalue weighted by atomic mass is 10.2. The van der Waals surface area contributed by atoms with Crippen molar-refractivity contribution in [3.05, 3.63) is 35.9 Å². The molecule has 0 radical (unpaired) electrons. The van der Waals surface area contributed by atoms with Crippen LogP contribution in [0.15, 0.2) is 30.3 Å². The van der Waals surface area contributed by atoms with Gasteiger partial charge in [0, 0.05) is 12.8 Å². The average Bonchev–Trinajstić information content (AvgIpc) is 2.90. The number of nitrogens with zero attached hydrogens (tertiary/aromatic N) is 1. The van der Waals surface area contributed by atoms with Crippen molar-refractivity contribution < 1.29 is 33.9 Å². The van der Waals surface area contributed by atoms with Crippen molar-refractivity contribution in [3.63, 3.8) is 0 Å². The number of alkyl carbamates (subject to hydrolysis) is 1. The predicted octanol–water partition coefficient (Wildman–Crippen LogP) is 0.269. The fourth-order valence-corrected chi connectivity index (χ4v) is 2.07. The lowest BCUT2D eigenvalue weighted by molar-refractivity contribution is -0.200. The molecule has 0 unspecified atom stereocenters.